The number of rotatable bonds is 0. The molecule has 26 heavy (non-hydrogen) atoms. The summed E-state index contributed by atoms with van der Waals surface area (Å²) in [6.45, 7) is 8.76. The highest BCUT2D eigenvalue weighted by molar-refractivity contribution is 7.16. The van der Waals surface area contributed by atoms with Crippen LogP contribution in [0.15, 0.2) is 11.1 Å². The first-order chi connectivity index (χ1) is 12.5. The first kappa shape index (κ1) is 18.0. The second-order valence-electron chi connectivity index (χ2n) is 7.43. The van der Waals surface area contributed by atoms with Gasteiger partial charge in [0, 0.05) is 34.2 Å². The number of nitrogens with zero attached hydrogens (tertiary/aromatic N) is 3. The molecular weight excluding hydrogens is 370 g/mol. The molecule has 3 unspecified atom stereocenters. The quantitative estimate of drug-likeness (QED) is 0.660. The van der Waals surface area contributed by atoms with Crippen LogP contribution in [0.2, 0.25) is 0 Å². The number of hydrogen-bond donors (Lipinski definition) is 0. The molecule has 1 saturated heterocycles. The van der Waals surface area contributed by atoms with Crippen LogP contribution in [0.25, 0.3) is 5.03 Å². The van der Waals surface area contributed by atoms with E-state index in [9.17, 15) is 4.79 Å². The molecule has 1 aromatic rings. The van der Waals surface area contributed by atoms with Crippen molar-refractivity contribution in [2.45, 2.75) is 45.8 Å². The third-order valence-corrected chi connectivity index (χ3v) is 6.71. The molecule has 0 aliphatic carbocycles. The van der Waals surface area contributed by atoms with Crippen LogP contribution in [-0.2, 0) is 17.7 Å². The molecule has 0 aromatic carbocycles. The number of ether oxygens (including phenoxy) is 1. The van der Waals surface area contributed by atoms with Crippen LogP contribution >= 0.6 is 22.9 Å². The highest BCUT2D eigenvalue weighted by Crippen LogP contribution is 2.45. The highest BCUT2D eigenvalue weighted by atomic mass is 35.5. The number of amides is 2. The molecule has 0 N–H and O–H groups in total. The second-order valence-corrected chi connectivity index (χ2v) is 8.92. The fraction of sp³-hybridized carbons (Fsp3) is 0.579. The average Bonchev–Trinajstić information content (AvgIpc) is 2.90. The maximum Gasteiger partial charge on any atom is 0.320 e. The summed E-state index contributed by atoms with van der Waals surface area (Å²) >= 11 is 8.23. The minimum atomic E-state index is 0.108. The Morgan fingerprint density at radius 1 is 1.31 bits per heavy atom. The standard InChI is InChI=1S/C19H24ClN3O2S/c1-11-6-15(20)17-14-4-5-22(8-16(14)26-18(17)21-7-11)19(24)23-12(2)9-25-10-13(23)3/h6-7,11-13H,4-5,8-10H2,1-3H3. The van der Waals surface area contributed by atoms with E-state index in [1.54, 1.807) is 11.3 Å². The van der Waals surface area contributed by atoms with E-state index in [0.29, 0.717) is 19.8 Å². The van der Waals surface area contributed by atoms with Gasteiger partial charge in [-0.05, 0) is 25.8 Å². The van der Waals surface area contributed by atoms with Gasteiger partial charge in [0.1, 0.15) is 5.00 Å². The fourth-order valence-corrected chi connectivity index (χ4v) is 5.66. The van der Waals surface area contributed by atoms with Gasteiger partial charge in [-0.15, -0.1) is 11.3 Å². The van der Waals surface area contributed by atoms with Crippen molar-refractivity contribution in [2.24, 2.45) is 10.9 Å². The lowest BCUT2D eigenvalue weighted by molar-refractivity contribution is -0.0226. The summed E-state index contributed by atoms with van der Waals surface area (Å²) < 4.78 is 5.56. The van der Waals surface area contributed by atoms with Gasteiger partial charge in [0.15, 0.2) is 0 Å². The van der Waals surface area contributed by atoms with Crippen molar-refractivity contribution in [1.29, 1.82) is 0 Å². The van der Waals surface area contributed by atoms with Gasteiger partial charge in [-0.1, -0.05) is 24.6 Å². The molecule has 5 nitrogen and oxygen atoms in total. The topological polar surface area (TPSA) is 45.1 Å². The van der Waals surface area contributed by atoms with Crippen LogP contribution in [0.3, 0.4) is 0 Å². The number of hydrogen-bond acceptors (Lipinski definition) is 4. The molecule has 1 aromatic heterocycles. The first-order valence-corrected chi connectivity index (χ1v) is 10.4. The maximum absolute atomic E-state index is 13.1. The number of morpholine rings is 1. The van der Waals surface area contributed by atoms with E-state index in [1.807, 2.05) is 16.0 Å². The van der Waals surface area contributed by atoms with Gasteiger partial charge in [-0.3, -0.25) is 0 Å². The summed E-state index contributed by atoms with van der Waals surface area (Å²) in [7, 11) is 0. The Hall–Kier alpha value is -1.37. The molecule has 0 radical (unpaired) electrons. The van der Waals surface area contributed by atoms with E-state index in [2.05, 4.69) is 31.8 Å². The van der Waals surface area contributed by atoms with Crippen LogP contribution in [-0.4, -0.2) is 53.9 Å². The van der Waals surface area contributed by atoms with E-state index < -0.39 is 0 Å². The van der Waals surface area contributed by atoms with Crippen molar-refractivity contribution in [3.8, 4) is 0 Å². The van der Waals surface area contributed by atoms with Crippen molar-refractivity contribution < 1.29 is 9.53 Å². The Morgan fingerprint density at radius 3 is 2.77 bits per heavy atom. The molecule has 3 aliphatic heterocycles. The molecule has 2 amide bonds. The normalized spacial score (nSPS) is 28.3. The molecule has 1 fully saturated rings. The zero-order valence-electron chi connectivity index (χ0n) is 15.4. The average molecular weight is 394 g/mol. The SMILES string of the molecule is CC1C=Nc2sc3c(c2C(Cl)=C1)CCN(C(=O)N1C(C)COCC1C)C3. The monoisotopic (exact) mass is 393 g/mol. The predicted octanol–water partition coefficient (Wildman–Crippen LogP) is 4.27. The number of carbonyl (C=O) groups is 1. The van der Waals surface area contributed by atoms with Crippen molar-refractivity contribution in [2.75, 3.05) is 19.8 Å². The van der Waals surface area contributed by atoms with Crippen LogP contribution in [0.5, 0.6) is 0 Å². The number of allylic oxidation sites excluding steroid dienone is 1. The first-order valence-electron chi connectivity index (χ1n) is 9.17. The molecule has 0 bridgehead atoms. The highest BCUT2D eigenvalue weighted by Gasteiger charge is 2.35. The molecule has 3 aliphatic rings. The summed E-state index contributed by atoms with van der Waals surface area (Å²) in [5, 5.41) is 1.76. The third-order valence-electron chi connectivity index (χ3n) is 5.27. The minimum Gasteiger partial charge on any atom is -0.377 e. The van der Waals surface area contributed by atoms with Crippen LogP contribution in [0.1, 0.15) is 36.8 Å². The molecule has 140 valence electrons. The molecule has 0 saturated carbocycles. The van der Waals surface area contributed by atoms with Crippen molar-refractivity contribution in [1.82, 2.24) is 9.80 Å². The minimum absolute atomic E-state index is 0.108. The van der Waals surface area contributed by atoms with Crippen molar-refractivity contribution >= 4 is 45.2 Å². The Balaban J connectivity index is 1.59. The lowest BCUT2D eigenvalue weighted by Gasteiger charge is -2.42. The van der Waals surface area contributed by atoms with Gasteiger partial charge in [0.05, 0.1) is 31.8 Å². The van der Waals surface area contributed by atoms with Gasteiger partial charge < -0.3 is 14.5 Å². The van der Waals surface area contributed by atoms with Crippen molar-refractivity contribution in [3.63, 3.8) is 0 Å². The smallest absolute Gasteiger partial charge is 0.320 e. The Labute approximate surface area is 163 Å². The van der Waals surface area contributed by atoms with Gasteiger partial charge in [-0.25, -0.2) is 9.79 Å². The lowest BCUT2D eigenvalue weighted by Crippen LogP contribution is -2.57. The fourth-order valence-electron chi connectivity index (χ4n) is 3.98. The van der Waals surface area contributed by atoms with Crippen LogP contribution in [0, 0.1) is 5.92 Å². The van der Waals surface area contributed by atoms with E-state index in [0.717, 1.165) is 28.6 Å². The maximum atomic E-state index is 13.1. The number of thiophene rings is 1. The zero-order chi connectivity index (χ0) is 18.4. The summed E-state index contributed by atoms with van der Waals surface area (Å²) in [5.41, 5.74) is 2.34. The van der Waals surface area contributed by atoms with Gasteiger partial charge in [-0.2, -0.15) is 0 Å². The Bertz CT molecular complexity index is 778. The zero-order valence-corrected chi connectivity index (χ0v) is 16.9. The largest absolute Gasteiger partial charge is 0.377 e. The number of aliphatic imine (C=N–C) groups is 1. The predicted molar refractivity (Wildman–Crippen MR) is 107 cm³/mol. The summed E-state index contributed by atoms with van der Waals surface area (Å²) in [5.74, 6) is 0.240. The van der Waals surface area contributed by atoms with Crippen LogP contribution < -0.4 is 0 Å². The number of carbonyl (C=O) groups excluding carboxylic acids is 1. The molecule has 4 heterocycles. The lowest BCUT2D eigenvalue weighted by atomic mass is 10.0. The van der Waals surface area contributed by atoms with E-state index in [-0.39, 0.29) is 24.0 Å². The number of fused-ring (bicyclic) bond motifs is 3. The molecule has 4 rings (SSSR count). The van der Waals surface area contributed by atoms with Crippen LogP contribution in [0.4, 0.5) is 9.80 Å². The number of urea groups is 1. The molecule has 7 heteroatoms. The van der Waals surface area contributed by atoms with E-state index in [4.69, 9.17) is 16.3 Å². The van der Waals surface area contributed by atoms with Crippen molar-refractivity contribution in [3.05, 3.63) is 22.1 Å². The third kappa shape index (κ3) is 3.08. The van der Waals surface area contributed by atoms with Gasteiger partial charge >= 0.3 is 6.03 Å². The second kappa shape index (κ2) is 6.98. The molecule has 3 atom stereocenters. The van der Waals surface area contributed by atoms with E-state index >= 15 is 0 Å². The molecular formula is C19H24ClN3O2S. The Morgan fingerprint density at radius 2 is 2.04 bits per heavy atom. The van der Waals surface area contributed by atoms with E-state index in [1.165, 1.54) is 10.4 Å². The number of halogens is 1. The van der Waals surface area contributed by atoms with Gasteiger partial charge in [0.25, 0.3) is 0 Å². The summed E-state index contributed by atoms with van der Waals surface area (Å²) in [6.07, 6.45) is 4.82. The summed E-state index contributed by atoms with van der Waals surface area (Å²) in [6, 6.07) is 0.327. The Kier molecular flexibility index (Phi) is 4.84. The van der Waals surface area contributed by atoms with Gasteiger partial charge in [0.2, 0.25) is 0 Å². The molecule has 0 spiro atoms. The summed E-state index contributed by atoms with van der Waals surface area (Å²) in [4.78, 5) is 22.9.